The van der Waals surface area contributed by atoms with E-state index in [1.54, 1.807) is 0 Å². The van der Waals surface area contributed by atoms with Crippen LogP contribution in [-0.4, -0.2) is 20.9 Å². The Morgan fingerprint density at radius 1 is 1.11 bits per heavy atom. The molecule has 2 aromatic heterocycles. The minimum Gasteiger partial charge on any atom is -0.487 e. The third-order valence-electron chi connectivity index (χ3n) is 4.33. The summed E-state index contributed by atoms with van der Waals surface area (Å²) in [4.78, 5) is 4.68. The first kappa shape index (κ1) is 17.9. The highest BCUT2D eigenvalue weighted by Crippen LogP contribution is 2.33. The molecule has 0 saturated heterocycles. The van der Waals surface area contributed by atoms with Gasteiger partial charge in [0.2, 0.25) is 0 Å². The number of para-hydroxylation sites is 1. The molecular weight excluding hydrogens is 370 g/mol. The van der Waals surface area contributed by atoms with E-state index in [0.717, 1.165) is 16.9 Å². The average Bonchev–Trinajstić information content (AvgIpc) is 3.12. The van der Waals surface area contributed by atoms with Crippen molar-refractivity contribution in [1.82, 2.24) is 14.6 Å². The van der Waals surface area contributed by atoms with E-state index in [-0.39, 0.29) is 12.4 Å². The SMILES string of the molecule is CSc1nc2c(-c3ccccc3)c(COc3ccccc3)nn2c(N)c1C#N. The van der Waals surface area contributed by atoms with Crippen LogP contribution in [0, 0.1) is 11.3 Å². The first-order chi connectivity index (χ1) is 13.7. The van der Waals surface area contributed by atoms with Crippen molar-refractivity contribution in [2.75, 3.05) is 12.0 Å². The minimum absolute atomic E-state index is 0.257. The summed E-state index contributed by atoms with van der Waals surface area (Å²) in [5, 5.41) is 14.7. The number of fused-ring (bicyclic) bond motifs is 1. The third-order valence-corrected chi connectivity index (χ3v) is 5.01. The van der Waals surface area contributed by atoms with Crippen LogP contribution in [0.15, 0.2) is 65.7 Å². The molecule has 0 aliphatic carbocycles. The van der Waals surface area contributed by atoms with Crippen LogP contribution < -0.4 is 10.5 Å². The van der Waals surface area contributed by atoms with Crippen molar-refractivity contribution < 1.29 is 4.74 Å². The molecule has 0 bridgehead atoms. The number of nitriles is 1. The van der Waals surface area contributed by atoms with E-state index in [4.69, 9.17) is 10.5 Å². The molecule has 0 unspecified atom stereocenters. The quantitative estimate of drug-likeness (QED) is 0.409. The molecule has 0 spiro atoms. The van der Waals surface area contributed by atoms with Gasteiger partial charge in [-0.05, 0) is 24.0 Å². The summed E-state index contributed by atoms with van der Waals surface area (Å²) >= 11 is 1.39. The Kier molecular flexibility index (Phi) is 4.87. The van der Waals surface area contributed by atoms with Gasteiger partial charge in [0.05, 0.1) is 5.56 Å². The van der Waals surface area contributed by atoms with Gasteiger partial charge in [-0.15, -0.1) is 11.8 Å². The number of nitrogen functional groups attached to an aromatic ring is 1. The normalized spacial score (nSPS) is 10.7. The zero-order valence-corrected chi connectivity index (χ0v) is 16.0. The molecule has 0 aliphatic rings. The predicted molar refractivity (Wildman–Crippen MR) is 110 cm³/mol. The lowest BCUT2D eigenvalue weighted by molar-refractivity contribution is 0.301. The molecule has 0 radical (unpaired) electrons. The average molecular weight is 387 g/mol. The Morgan fingerprint density at radius 3 is 2.43 bits per heavy atom. The van der Waals surface area contributed by atoms with Crippen LogP contribution in [0.5, 0.6) is 5.75 Å². The number of hydrogen-bond acceptors (Lipinski definition) is 6. The highest BCUT2D eigenvalue weighted by atomic mass is 32.2. The molecule has 0 saturated carbocycles. The van der Waals surface area contributed by atoms with E-state index in [9.17, 15) is 5.26 Å². The first-order valence-corrected chi connectivity index (χ1v) is 9.84. The van der Waals surface area contributed by atoms with Crippen LogP contribution in [-0.2, 0) is 6.61 Å². The zero-order valence-electron chi connectivity index (χ0n) is 15.2. The monoisotopic (exact) mass is 387 g/mol. The number of ether oxygens (including phenoxy) is 1. The Morgan fingerprint density at radius 2 is 1.79 bits per heavy atom. The summed E-state index contributed by atoms with van der Waals surface area (Å²) in [7, 11) is 0. The van der Waals surface area contributed by atoms with E-state index in [1.165, 1.54) is 16.3 Å². The van der Waals surface area contributed by atoms with Gasteiger partial charge in [-0.3, -0.25) is 0 Å². The van der Waals surface area contributed by atoms with Crippen molar-refractivity contribution in [1.29, 1.82) is 5.26 Å². The summed E-state index contributed by atoms with van der Waals surface area (Å²) in [5.74, 6) is 1.03. The molecule has 138 valence electrons. The van der Waals surface area contributed by atoms with Crippen molar-refractivity contribution in [2.45, 2.75) is 11.6 Å². The number of nitrogens with two attached hydrogens (primary N) is 1. The molecule has 4 aromatic rings. The van der Waals surface area contributed by atoms with Crippen LogP contribution in [0.4, 0.5) is 5.82 Å². The number of hydrogen-bond donors (Lipinski definition) is 1. The smallest absolute Gasteiger partial charge is 0.166 e. The molecule has 2 heterocycles. The molecule has 0 fully saturated rings. The molecule has 4 rings (SSSR count). The maximum atomic E-state index is 9.49. The number of anilines is 1. The van der Waals surface area contributed by atoms with Gasteiger partial charge in [0.1, 0.15) is 40.5 Å². The molecule has 0 amide bonds. The second-order valence-electron chi connectivity index (χ2n) is 6.02. The largest absolute Gasteiger partial charge is 0.487 e. The van der Waals surface area contributed by atoms with Gasteiger partial charge in [0.25, 0.3) is 0 Å². The fourth-order valence-corrected chi connectivity index (χ4v) is 3.55. The zero-order chi connectivity index (χ0) is 19.5. The molecule has 0 atom stereocenters. The van der Waals surface area contributed by atoms with E-state index in [0.29, 0.717) is 21.9 Å². The van der Waals surface area contributed by atoms with Crippen LogP contribution in [0.25, 0.3) is 16.8 Å². The molecule has 6 nitrogen and oxygen atoms in total. The van der Waals surface area contributed by atoms with Gasteiger partial charge in [0, 0.05) is 0 Å². The third kappa shape index (κ3) is 3.15. The van der Waals surface area contributed by atoms with Gasteiger partial charge in [0.15, 0.2) is 5.65 Å². The molecule has 7 heteroatoms. The number of rotatable bonds is 5. The summed E-state index contributed by atoms with van der Waals surface area (Å²) in [6, 6.07) is 21.6. The fraction of sp³-hybridized carbons (Fsp3) is 0.0952. The van der Waals surface area contributed by atoms with E-state index in [1.807, 2.05) is 66.9 Å². The van der Waals surface area contributed by atoms with Crippen molar-refractivity contribution in [3.63, 3.8) is 0 Å². The van der Waals surface area contributed by atoms with Gasteiger partial charge in [-0.1, -0.05) is 48.5 Å². The molecule has 2 aromatic carbocycles. The second kappa shape index (κ2) is 7.62. The van der Waals surface area contributed by atoms with Gasteiger partial charge in [-0.25, -0.2) is 4.98 Å². The highest BCUT2D eigenvalue weighted by Gasteiger charge is 2.21. The lowest BCUT2D eigenvalue weighted by Crippen LogP contribution is -2.06. The maximum absolute atomic E-state index is 9.49. The van der Waals surface area contributed by atoms with Gasteiger partial charge >= 0.3 is 0 Å². The van der Waals surface area contributed by atoms with E-state index < -0.39 is 0 Å². The van der Waals surface area contributed by atoms with Gasteiger partial charge < -0.3 is 10.5 Å². The maximum Gasteiger partial charge on any atom is 0.166 e. The fourth-order valence-electron chi connectivity index (χ4n) is 3.01. The van der Waals surface area contributed by atoms with Crippen LogP contribution in [0.2, 0.25) is 0 Å². The summed E-state index contributed by atoms with van der Waals surface area (Å²) in [6.45, 7) is 0.257. The number of thioether (sulfide) groups is 1. The van der Waals surface area contributed by atoms with Crippen LogP contribution >= 0.6 is 11.8 Å². The van der Waals surface area contributed by atoms with E-state index >= 15 is 0 Å². The Labute approximate surface area is 166 Å². The summed E-state index contributed by atoms with van der Waals surface area (Å²) in [6.07, 6.45) is 1.87. The first-order valence-electron chi connectivity index (χ1n) is 8.61. The topological polar surface area (TPSA) is 89.2 Å². The van der Waals surface area contributed by atoms with E-state index in [2.05, 4.69) is 16.2 Å². The number of benzene rings is 2. The van der Waals surface area contributed by atoms with Crippen molar-refractivity contribution in [3.05, 3.63) is 71.9 Å². The predicted octanol–water partition coefficient (Wildman–Crippen LogP) is 4.15. The standard InChI is InChI=1S/C21H17N5OS/c1-28-21-16(12-22)19(23)26-20(24-21)18(14-8-4-2-5-9-14)17(25-26)13-27-15-10-6-3-7-11-15/h2-11H,13,23H2,1H3. The molecule has 2 N–H and O–H groups in total. The number of nitrogens with zero attached hydrogens (tertiary/aromatic N) is 4. The summed E-state index contributed by atoms with van der Waals surface area (Å²) < 4.78 is 7.45. The van der Waals surface area contributed by atoms with Crippen molar-refractivity contribution in [2.24, 2.45) is 0 Å². The van der Waals surface area contributed by atoms with Crippen LogP contribution in [0.1, 0.15) is 11.3 Å². The van der Waals surface area contributed by atoms with Crippen LogP contribution in [0.3, 0.4) is 0 Å². The minimum atomic E-state index is 0.257. The lowest BCUT2D eigenvalue weighted by Gasteiger charge is -2.07. The summed E-state index contributed by atoms with van der Waals surface area (Å²) in [5.41, 5.74) is 9.72. The van der Waals surface area contributed by atoms with Crippen molar-refractivity contribution in [3.8, 4) is 22.9 Å². The van der Waals surface area contributed by atoms with Gasteiger partial charge in [-0.2, -0.15) is 14.9 Å². The molecule has 28 heavy (non-hydrogen) atoms. The lowest BCUT2D eigenvalue weighted by atomic mass is 10.1. The second-order valence-corrected chi connectivity index (χ2v) is 6.81. The number of aromatic nitrogens is 3. The Balaban J connectivity index is 1.90. The Bertz CT molecular complexity index is 1170. The van der Waals surface area contributed by atoms with Crippen molar-refractivity contribution >= 4 is 23.2 Å². The molecular formula is C21H17N5OS. The molecule has 0 aliphatic heterocycles. The highest BCUT2D eigenvalue weighted by molar-refractivity contribution is 7.98. The Hall–Kier alpha value is -3.50.